The minimum absolute atomic E-state index is 0.0208. The fourth-order valence-electron chi connectivity index (χ4n) is 4.99. The van der Waals surface area contributed by atoms with Gasteiger partial charge in [0.25, 0.3) is 5.56 Å². The van der Waals surface area contributed by atoms with E-state index in [1.54, 1.807) is 7.11 Å². The van der Waals surface area contributed by atoms with Gasteiger partial charge < -0.3 is 14.6 Å². The van der Waals surface area contributed by atoms with Crippen LogP contribution in [-0.4, -0.2) is 65.1 Å². The topological polar surface area (TPSA) is 78.5 Å². The van der Waals surface area contributed by atoms with Crippen LogP contribution in [0.25, 0.3) is 0 Å². The summed E-state index contributed by atoms with van der Waals surface area (Å²) in [4.78, 5) is 37.2. The molecule has 2 aliphatic heterocycles. The second-order valence-corrected chi connectivity index (χ2v) is 8.46. The Morgan fingerprint density at radius 2 is 2.04 bits per heavy atom. The molecule has 0 bridgehead atoms. The fraction of sp³-hybridized carbons (Fsp3) is 0.762. The van der Waals surface area contributed by atoms with Crippen molar-refractivity contribution in [2.75, 3.05) is 33.4 Å². The summed E-state index contributed by atoms with van der Waals surface area (Å²) in [6, 6.07) is 0.645. The number of carbonyl (C=O) groups is 1. The maximum atomic E-state index is 12.7. The number of likely N-dealkylation sites (tertiary alicyclic amines) is 1. The predicted octanol–water partition coefficient (Wildman–Crippen LogP) is 1.81. The lowest BCUT2D eigenvalue weighted by molar-refractivity contribution is -0.131. The molecule has 1 N–H and O–H groups in total. The minimum atomic E-state index is 0.0208. The van der Waals surface area contributed by atoms with E-state index in [2.05, 4.69) is 9.88 Å². The molecule has 1 aromatic rings. The van der Waals surface area contributed by atoms with E-state index in [1.807, 2.05) is 4.90 Å². The molecule has 1 saturated carbocycles. The van der Waals surface area contributed by atoms with Gasteiger partial charge in [0, 0.05) is 50.8 Å². The summed E-state index contributed by atoms with van der Waals surface area (Å²) in [6.45, 7) is 3.57. The van der Waals surface area contributed by atoms with Crippen molar-refractivity contribution in [3.8, 4) is 0 Å². The van der Waals surface area contributed by atoms with E-state index in [-0.39, 0.29) is 17.4 Å². The number of amides is 1. The molecule has 1 amide bonds. The van der Waals surface area contributed by atoms with Crippen LogP contribution in [-0.2, 0) is 22.5 Å². The van der Waals surface area contributed by atoms with Crippen molar-refractivity contribution in [3.05, 3.63) is 27.4 Å². The first-order valence-electron chi connectivity index (χ1n) is 10.8. The summed E-state index contributed by atoms with van der Waals surface area (Å²) in [6.07, 6.45) is 8.58. The predicted molar refractivity (Wildman–Crippen MR) is 106 cm³/mol. The van der Waals surface area contributed by atoms with Gasteiger partial charge in [-0.2, -0.15) is 0 Å². The normalized spacial score (nSPS) is 23.8. The van der Waals surface area contributed by atoms with Gasteiger partial charge in [-0.25, -0.2) is 4.98 Å². The first-order valence-corrected chi connectivity index (χ1v) is 10.8. The lowest BCUT2D eigenvalue weighted by Crippen LogP contribution is -2.42. The third kappa shape index (κ3) is 4.15. The lowest BCUT2D eigenvalue weighted by Gasteiger charge is -2.37. The van der Waals surface area contributed by atoms with Crippen LogP contribution in [0.4, 0.5) is 0 Å². The Morgan fingerprint density at radius 3 is 2.82 bits per heavy atom. The van der Waals surface area contributed by atoms with Crippen molar-refractivity contribution in [1.29, 1.82) is 0 Å². The Bertz CT molecular complexity index is 757. The largest absolute Gasteiger partial charge is 0.384 e. The van der Waals surface area contributed by atoms with Crippen molar-refractivity contribution in [2.24, 2.45) is 0 Å². The van der Waals surface area contributed by atoms with Crippen LogP contribution in [0.1, 0.15) is 67.9 Å². The molecule has 0 aromatic carbocycles. The summed E-state index contributed by atoms with van der Waals surface area (Å²) < 4.78 is 5.01. The van der Waals surface area contributed by atoms with Crippen LogP contribution < -0.4 is 5.56 Å². The molecular formula is C21H32N4O3. The highest BCUT2D eigenvalue weighted by atomic mass is 16.5. The Morgan fingerprint density at radius 1 is 1.21 bits per heavy atom. The van der Waals surface area contributed by atoms with Gasteiger partial charge in [-0.1, -0.05) is 19.3 Å². The Kier molecular flexibility index (Phi) is 6.11. The third-order valence-electron chi connectivity index (χ3n) is 6.66. The standard InChI is InChI=1S/C21H32N4O3/c1-28-12-9-19(26)25-10-7-15(13-25)20-22-18-14-24(16-5-3-2-4-6-16)11-8-17(18)21(27)23-20/h15-16H,2-14H2,1H3,(H,22,23,27)/t15-/m0/s1. The molecule has 7 heteroatoms. The smallest absolute Gasteiger partial charge is 0.254 e. The Balaban J connectivity index is 1.46. The summed E-state index contributed by atoms with van der Waals surface area (Å²) in [5.41, 5.74) is 1.84. The van der Waals surface area contributed by atoms with Crippen LogP contribution in [0.2, 0.25) is 0 Å². The number of fused-ring (bicyclic) bond motifs is 1. The highest BCUT2D eigenvalue weighted by Crippen LogP contribution is 2.28. The molecule has 0 radical (unpaired) electrons. The van der Waals surface area contributed by atoms with E-state index in [0.29, 0.717) is 25.6 Å². The lowest BCUT2D eigenvalue weighted by atomic mass is 9.92. The molecule has 0 unspecified atom stereocenters. The fourth-order valence-corrected chi connectivity index (χ4v) is 4.99. The van der Waals surface area contributed by atoms with Crippen LogP contribution in [0.3, 0.4) is 0 Å². The molecule has 4 rings (SSSR count). The highest BCUT2D eigenvalue weighted by molar-refractivity contribution is 5.76. The second kappa shape index (κ2) is 8.74. The maximum Gasteiger partial charge on any atom is 0.254 e. The van der Waals surface area contributed by atoms with E-state index in [0.717, 1.165) is 49.6 Å². The maximum absolute atomic E-state index is 12.7. The number of hydrogen-bond donors (Lipinski definition) is 1. The van der Waals surface area contributed by atoms with Gasteiger partial charge in [0.05, 0.1) is 18.7 Å². The number of aromatic amines is 1. The molecule has 3 aliphatic rings. The molecule has 1 atom stereocenters. The zero-order valence-electron chi connectivity index (χ0n) is 16.9. The summed E-state index contributed by atoms with van der Waals surface area (Å²) >= 11 is 0. The van der Waals surface area contributed by atoms with E-state index < -0.39 is 0 Å². The number of hydrogen-bond acceptors (Lipinski definition) is 5. The number of H-pyrrole nitrogens is 1. The van der Waals surface area contributed by atoms with Gasteiger partial charge in [0.15, 0.2) is 0 Å². The Labute approximate surface area is 166 Å². The van der Waals surface area contributed by atoms with Crippen molar-refractivity contribution >= 4 is 5.91 Å². The number of aromatic nitrogens is 2. The quantitative estimate of drug-likeness (QED) is 0.832. The van der Waals surface area contributed by atoms with Crippen LogP contribution in [0, 0.1) is 0 Å². The molecule has 3 heterocycles. The molecule has 28 heavy (non-hydrogen) atoms. The summed E-state index contributed by atoms with van der Waals surface area (Å²) in [5.74, 6) is 0.999. The number of nitrogens with one attached hydrogen (secondary N) is 1. The molecular weight excluding hydrogens is 356 g/mol. The van der Waals surface area contributed by atoms with Gasteiger partial charge in [0.1, 0.15) is 5.82 Å². The number of methoxy groups -OCH3 is 1. The number of rotatable bonds is 5. The summed E-state index contributed by atoms with van der Waals surface area (Å²) in [5, 5.41) is 0. The molecule has 7 nitrogen and oxygen atoms in total. The van der Waals surface area contributed by atoms with E-state index in [9.17, 15) is 9.59 Å². The summed E-state index contributed by atoms with van der Waals surface area (Å²) in [7, 11) is 1.61. The average molecular weight is 389 g/mol. The van der Waals surface area contributed by atoms with Gasteiger partial charge >= 0.3 is 0 Å². The molecule has 154 valence electrons. The monoisotopic (exact) mass is 388 g/mol. The van der Waals surface area contributed by atoms with Crippen molar-refractivity contribution < 1.29 is 9.53 Å². The number of nitrogens with zero attached hydrogens (tertiary/aromatic N) is 3. The van der Waals surface area contributed by atoms with Gasteiger partial charge in [-0.15, -0.1) is 0 Å². The van der Waals surface area contributed by atoms with Gasteiger partial charge in [0.2, 0.25) is 5.91 Å². The zero-order chi connectivity index (χ0) is 19.5. The average Bonchev–Trinajstić information content (AvgIpc) is 3.22. The second-order valence-electron chi connectivity index (χ2n) is 8.46. The van der Waals surface area contributed by atoms with Gasteiger partial charge in [-0.3, -0.25) is 14.5 Å². The third-order valence-corrected chi connectivity index (χ3v) is 6.66. The first kappa shape index (κ1) is 19.6. The van der Waals surface area contributed by atoms with Gasteiger partial charge in [-0.05, 0) is 25.7 Å². The SMILES string of the molecule is COCCC(=O)N1CC[C@H](c2nc3c(c(=O)[nH]2)CCN(C2CCCCC2)C3)C1. The van der Waals surface area contributed by atoms with Crippen molar-refractivity contribution in [1.82, 2.24) is 19.8 Å². The molecule has 2 fully saturated rings. The Hall–Kier alpha value is -1.73. The minimum Gasteiger partial charge on any atom is -0.384 e. The zero-order valence-corrected chi connectivity index (χ0v) is 16.9. The van der Waals surface area contributed by atoms with E-state index >= 15 is 0 Å². The number of carbonyl (C=O) groups excluding carboxylic acids is 1. The first-order chi connectivity index (χ1) is 13.7. The van der Waals surface area contributed by atoms with Crippen LogP contribution >= 0.6 is 0 Å². The van der Waals surface area contributed by atoms with Crippen molar-refractivity contribution in [3.63, 3.8) is 0 Å². The number of ether oxygens (including phenoxy) is 1. The van der Waals surface area contributed by atoms with Crippen molar-refractivity contribution in [2.45, 2.75) is 69.9 Å². The van der Waals surface area contributed by atoms with E-state index in [1.165, 1.54) is 32.1 Å². The molecule has 1 saturated heterocycles. The molecule has 0 spiro atoms. The van der Waals surface area contributed by atoms with Crippen LogP contribution in [0.15, 0.2) is 4.79 Å². The molecule has 1 aromatic heterocycles. The highest BCUT2D eigenvalue weighted by Gasteiger charge is 2.31. The van der Waals surface area contributed by atoms with E-state index in [4.69, 9.17) is 9.72 Å². The molecule has 1 aliphatic carbocycles. The van der Waals surface area contributed by atoms with Crippen LogP contribution in [0.5, 0.6) is 0 Å².